The molecule has 0 unspecified atom stereocenters. The molecule has 0 atom stereocenters. The molecule has 6 heteroatoms. The first-order chi connectivity index (χ1) is 14.0. The fourth-order valence-corrected chi connectivity index (χ4v) is 4.33. The normalized spacial score (nSPS) is 17.9. The fourth-order valence-electron chi connectivity index (χ4n) is 4.33. The van der Waals surface area contributed by atoms with E-state index in [-0.39, 0.29) is 12.1 Å². The van der Waals surface area contributed by atoms with Gasteiger partial charge in [-0.3, -0.25) is 9.78 Å². The van der Waals surface area contributed by atoms with Gasteiger partial charge in [-0.05, 0) is 62.3 Å². The molecule has 1 saturated carbocycles. The third-order valence-electron chi connectivity index (χ3n) is 6.30. The average Bonchev–Trinajstić information content (AvgIpc) is 2.65. The zero-order valence-corrected chi connectivity index (χ0v) is 16.4. The summed E-state index contributed by atoms with van der Waals surface area (Å²) in [6, 6.07) is 8.44. The molecule has 1 saturated heterocycles. The van der Waals surface area contributed by atoms with E-state index < -0.39 is 17.6 Å². The zero-order valence-electron chi connectivity index (χ0n) is 16.4. The molecule has 0 radical (unpaired) electrons. The number of aromatic nitrogens is 1. The number of aliphatic carboxylic acids is 1. The maximum absolute atomic E-state index is 14.9. The molecule has 0 bridgehead atoms. The maximum atomic E-state index is 14.9. The number of halogens is 2. The van der Waals surface area contributed by atoms with Gasteiger partial charge < -0.3 is 10.0 Å². The van der Waals surface area contributed by atoms with E-state index in [9.17, 15) is 13.6 Å². The molecule has 1 N–H and O–H groups in total. The number of carboxylic acids is 1. The molecule has 0 spiro atoms. The Morgan fingerprint density at radius 1 is 1.10 bits per heavy atom. The van der Waals surface area contributed by atoms with Crippen LogP contribution in [0, 0.1) is 17.6 Å². The van der Waals surface area contributed by atoms with E-state index >= 15 is 0 Å². The van der Waals surface area contributed by atoms with Gasteiger partial charge >= 0.3 is 5.97 Å². The predicted octanol–water partition coefficient (Wildman–Crippen LogP) is 5.38. The minimum Gasteiger partial charge on any atom is -0.481 e. The highest BCUT2D eigenvalue weighted by molar-refractivity contribution is 5.66. The molecule has 1 aromatic carbocycles. The molecule has 2 aliphatic rings. The van der Waals surface area contributed by atoms with Gasteiger partial charge in [-0.25, -0.2) is 8.78 Å². The van der Waals surface area contributed by atoms with Crippen LogP contribution in [0.15, 0.2) is 30.3 Å². The smallest absolute Gasteiger partial charge is 0.303 e. The van der Waals surface area contributed by atoms with Gasteiger partial charge in [0.1, 0.15) is 17.3 Å². The number of rotatable bonds is 6. The Hall–Kier alpha value is -2.50. The number of hydrogen-bond donors (Lipinski definition) is 1. The Bertz CT molecular complexity index is 867. The Kier molecular flexibility index (Phi) is 5.79. The van der Waals surface area contributed by atoms with Crippen molar-refractivity contribution in [3.05, 3.63) is 47.7 Å². The molecule has 2 aromatic rings. The largest absolute Gasteiger partial charge is 0.481 e. The van der Waals surface area contributed by atoms with Crippen LogP contribution in [0.2, 0.25) is 0 Å². The van der Waals surface area contributed by atoms with Crippen LogP contribution in [0.4, 0.5) is 14.5 Å². The molecule has 0 amide bonds. The first-order valence-electron chi connectivity index (χ1n) is 10.4. The lowest BCUT2D eigenvalue weighted by atomic mass is 9.82. The van der Waals surface area contributed by atoms with Crippen LogP contribution in [0.1, 0.15) is 56.6 Å². The number of nitrogens with zero attached hydrogens (tertiary/aromatic N) is 2. The molecule has 29 heavy (non-hydrogen) atoms. The van der Waals surface area contributed by atoms with Gasteiger partial charge in [-0.1, -0.05) is 12.5 Å². The predicted molar refractivity (Wildman–Crippen MR) is 108 cm³/mol. The first kappa shape index (κ1) is 19.8. The highest BCUT2D eigenvalue weighted by atomic mass is 19.1. The van der Waals surface area contributed by atoms with E-state index in [2.05, 4.69) is 4.98 Å². The van der Waals surface area contributed by atoms with E-state index in [1.165, 1.54) is 18.6 Å². The molecular formula is C23H26F2N2O2. The summed E-state index contributed by atoms with van der Waals surface area (Å²) in [5.41, 5.74) is 2.08. The van der Waals surface area contributed by atoms with Crippen molar-refractivity contribution < 1.29 is 18.7 Å². The van der Waals surface area contributed by atoms with E-state index in [4.69, 9.17) is 5.11 Å². The van der Waals surface area contributed by atoms with Crippen molar-refractivity contribution in [1.29, 1.82) is 0 Å². The van der Waals surface area contributed by atoms with Gasteiger partial charge in [0, 0.05) is 36.7 Å². The summed E-state index contributed by atoms with van der Waals surface area (Å²) in [4.78, 5) is 17.1. The third kappa shape index (κ3) is 4.41. The monoisotopic (exact) mass is 400 g/mol. The lowest BCUT2D eigenvalue weighted by Gasteiger charge is -2.34. The topological polar surface area (TPSA) is 53.4 Å². The SMILES string of the molecule is O=C(O)CCC1CCN(c2c(F)cc(-c3cccc(C4CCC4)n3)cc2F)CC1. The van der Waals surface area contributed by atoms with Gasteiger partial charge in [0.25, 0.3) is 0 Å². The molecule has 2 fully saturated rings. The number of carboxylic acid groups (broad SMARTS) is 1. The van der Waals surface area contributed by atoms with E-state index in [0.717, 1.165) is 31.4 Å². The second-order valence-corrected chi connectivity index (χ2v) is 8.23. The summed E-state index contributed by atoms with van der Waals surface area (Å²) in [7, 11) is 0. The second-order valence-electron chi connectivity index (χ2n) is 8.23. The highest BCUT2D eigenvalue weighted by Gasteiger charge is 2.25. The van der Waals surface area contributed by atoms with Crippen molar-refractivity contribution >= 4 is 11.7 Å². The first-order valence-corrected chi connectivity index (χ1v) is 10.4. The van der Waals surface area contributed by atoms with Crippen LogP contribution in [0.25, 0.3) is 11.3 Å². The van der Waals surface area contributed by atoms with E-state index in [0.29, 0.717) is 42.6 Å². The van der Waals surface area contributed by atoms with Crippen LogP contribution >= 0.6 is 0 Å². The Labute approximate surface area is 169 Å². The molecule has 1 aliphatic carbocycles. The summed E-state index contributed by atoms with van der Waals surface area (Å²) in [5.74, 6) is -1.17. The average molecular weight is 400 g/mol. The van der Waals surface area contributed by atoms with Crippen molar-refractivity contribution in [3.8, 4) is 11.3 Å². The number of piperidine rings is 1. The summed E-state index contributed by atoms with van der Waals surface area (Å²) in [6.07, 6.45) is 5.73. The second kappa shape index (κ2) is 8.47. The zero-order chi connectivity index (χ0) is 20.4. The number of hydrogen-bond acceptors (Lipinski definition) is 3. The molecule has 1 aliphatic heterocycles. The Morgan fingerprint density at radius 2 is 1.79 bits per heavy atom. The number of carbonyl (C=O) groups is 1. The molecule has 2 heterocycles. The van der Waals surface area contributed by atoms with E-state index in [1.54, 1.807) is 11.0 Å². The highest BCUT2D eigenvalue weighted by Crippen LogP contribution is 2.37. The molecule has 1 aromatic heterocycles. The quantitative estimate of drug-likeness (QED) is 0.708. The minimum atomic E-state index is -0.796. The molecule has 4 nitrogen and oxygen atoms in total. The summed E-state index contributed by atoms with van der Waals surface area (Å²) in [5, 5.41) is 8.82. The molecule has 4 rings (SSSR count). The van der Waals surface area contributed by atoms with Crippen molar-refractivity contribution in [2.24, 2.45) is 5.92 Å². The fraction of sp³-hybridized carbons (Fsp3) is 0.478. The number of pyridine rings is 1. The van der Waals surface area contributed by atoms with Crippen LogP contribution in [0.3, 0.4) is 0 Å². The summed E-state index contributed by atoms with van der Waals surface area (Å²) < 4.78 is 29.8. The van der Waals surface area contributed by atoms with Crippen molar-refractivity contribution in [1.82, 2.24) is 4.98 Å². The Balaban J connectivity index is 1.49. The minimum absolute atomic E-state index is 0.0144. The number of benzene rings is 1. The van der Waals surface area contributed by atoms with Crippen molar-refractivity contribution in [2.45, 2.75) is 50.9 Å². The standard InChI is InChI=1S/C23H26F2N2O2/c24-18-13-17(21-6-2-5-20(26-21)16-3-1-4-16)14-19(25)23(18)27-11-9-15(10-12-27)7-8-22(28)29/h2,5-6,13-16H,1,3-4,7-12H2,(H,28,29). The van der Waals surface area contributed by atoms with Crippen LogP contribution in [0.5, 0.6) is 0 Å². The van der Waals surface area contributed by atoms with Crippen molar-refractivity contribution in [2.75, 3.05) is 18.0 Å². The van der Waals surface area contributed by atoms with Crippen LogP contribution in [-0.2, 0) is 4.79 Å². The number of anilines is 1. The molecule has 154 valence electrons. The van der Waals surface area contributed by atoms with Gasteiger partial charge in [-0.2, -0.15) is 0 Å². The van der Waals surface area contributed by atoms with Gasteiger partial charge in [-0.15, -0.1) is 0 Å². The lowest BCUT2D eigenvalue weighted by Crippen LogP contribution is -2.35. The van der Waals surface area contributed by atoms with Crippen LogP contribution in [-0.4, -0.2) is 29.1 Å². The maximum Gasteiger partial charge on any atom is 0.303 e. The summed E-state index contributed by atoms with van der Waals surface area (Å²) >= 11 is 0. The van der Waals surface area contributed by atoms with Crippen LogP contribution < -0.4 is 4.90 Å². The van der Waals surface area contributed by atoms with Gasteiger partial charge in [0.2, 0.25) is 0 Å². The van der Waals surface area contributed by atoms with Crippen molar-refractivity contribution in [3.63, 3.8) is 0 Å². The lowest BCUT2D eigenvalue weighted by molar-refractivity contribution is -0.137. The van der Waals surface area contributed by atoms with Gasteiger partial charge in [0.05, 0.1) is 5.69 Å². The molecular weight excluding hydrogens is 374 g/mol. The third-order valence-corrected chi connectivity index (χ3v) is 6.30. The Morgan fingerprint density at radius 3 is 2.38 bits per heavy atom. The van der Waals surface area contributed by atoms with Gasteiger partial charge in [0.15, 0.2) is 0 Å². The van der Waals surface area contributed by atoms with E-state index in [1.807, 2.05) is 12.1 Å². The summed E-state index contributed by atoms with van der Waals surface area (Å²) in [6.45, 7) is 1.07.